The van der Waals surface area contributed by atoms with Crippen molar-refractivity contribution >= 4 is 28.3 Å². The third-order valence-corrected chi connectivity index (χ3v) is 4.76. The fourth-order valence-corrected chi connectivity index (χ4v) is 3.42. The zero-order chi connectivity index (χ0) is 18.5. The van der Waals surface area contributed by atoms with Gasteiger partial charge in [0.1, 0.15) is 0 Å². The van der Waals surface area contributed by atoms with Gasteiger partial charge in [-0.25, -0.2) is 4.98 Å². The summed E-state index contributed by atoms with van der Waals surface area (Å²) < 4.78 is 0. The molecular weight excluding hydrogens is 350 g/mol. The summed E-state index contributed by atoms with van der Waals surface area (Å²) in [6.07, 6.45) is 3.83. The Bertz CT molecular complexity index is 921. The lowest BCUT2D eigenvalue weighted by atomic mass is 10.1. The van der Waals surface area contributed by atoms with Gasteiger partial charge in [-0.2, -0.15) is 0 Å². The number of nitrogens with zero attached hydrogens (tertiary/aromatic N) is 2. The Morgan fingerprint density at radius 3 is 2.58 bits per heavy atom. The van der Waals surface area contributed by atoms with Crippen LogP contribution in [0.2, 0.25) is 0 Å². The Balaban J connectivity index is 1.91. The Morgan fingerprint density at radius 2 is 1.96 bits per heavy atom. The number of pyridine rings is 1. The summed E-state index contributed by atoms with van der Waals surface area (Å²) in [5.41, 5.74) is 3.02. The fraction of sp³-hybridized carbons (Fsp3) is 0.158. The minimum Gasteiger partial charge on any atom is -0.481 e. The maximum Gasteiger partial charge on any atom is 0.308 e. The van der Waals surface area contributed by atoms with Gasteiger partial charge in [0.15, 0.2) is 5.13 Å². The number of aryl methyl sites for hydroxylation is 1. The Morgan fingerprint density at radius 1 is 1.19 bits per heavy atom. The third kappa shape index (κ3) is 4.12. The molecule has 3 aromatic rings. The van der Waals surface area contributed by atoms with Crippen LogP contribution in [-0.4, -0.2) is 27.0 Å². The molecule has 0 aliphatic rings. The molecule has 3 rings (SSSR count). The number of hydrogen-bond donors (Lipinski definition) is 2. The molecule has 2 aromatic heterocycles. The second-order valence-corrected chi connectivity index (χ2v) is 6.69. The molecule has 0 unspecified atom stereocenters. The molecule has 0 saturated heterocycles. The molecule has 7 heteroatoms. The second-order valence-electron chi connectivity index (χ2n) is 5.61. The number of aromatic nitrogens is 2. The van der Waals surface area contributed by atoms with E-state index < -0.39 is 5.97 Å². The molecule has 1 amide bonds. The molecule has 132 valence electrons. The van der Waals surface area contributed by atoms with E-state index in [0.717, 1.165) is 12.0 Å². The van der Waals surface area contributed by atoms with Gasteiger partial charge in [0.25, 0.3) is 5.91 Å². The van der Waals surface area contributed by atoms with Crippen molar-refractivity contribution in [3.05, 3.63) is 64.8 Å². The van der Waals surface area contributed by atoms with Crippen LogP contribution in [-0.2, 0) is 17.6 Å². The number of nitrogens with one attached hydrogen (secondary N) is 1. The average molecular weight is 367 g/mol. The van der Waals surface area contributed by atoms with Gasteiger partial charge in [-0.1, -0.05) is 31.2 Å². The topological polar surface area (TPSA) is 92.2 Å². The molecule has 0 aliphatic heterocycles. The lowest BCUT2D eigenvalue weighted by molar-refractivity contribution is -0.136. The summed E-state index contributed by atoms with van der Waals surface area (Å²) in [7, 11) is 0. The second kappa shape index (κ2) is 7.88. The smallest absolute Gasteiger partial charge is 0.308 e. The van der Waals surface area contributed by atoms with Crippen molar-refractivity contribution in [1.82, 2.24) is 9.97 Å². The highest BCUT2D eigenvalue weighted by molar-refractivity contribution is 7.16. The molecule has 0 radical (unpaired) electrons. The highest BCUT2D eigenvalue weighted by atomic mass is 32.1. The standard InChI is InChI=1S/C19H17N3O3S/c1-2-12-5-7-13(8-6-12)17-15(10-16(23)24)26-19(21-17)22-18(25)14-4-3-9-20-11-14/h3-9,11H,2,10H2,1H3,(H,23,24)(H,21,22,25). The van der Waals surface area contributed by atoms with Gasteiger partial charge in [-0.3, -0.25) is 19.9 Å². The first kappa shape index (κ1) is 17.8. The van der Waals surface area contributed by atoms with E-state index in [0.29, 0.717) is 21.3 Å². The molecule has 0 fully saturated rings. The van der Waals surface area contributed by atoms with Gasteiger partial charge in [0, 0.05) is 22.8 Å². The molecule has 2 heterocycles. The van der Waals surface area contributed by atoms with Gasteiger partial charge in [0.05, 0.1) is 17.7 Å². The van der Waals surface area contributed by atoms with Crippen LogP contribution in [0.5, 0.6) is 0 Å². The Kier molecular flexibility index (Phi) is 5.38. The zero-order valence-electron chi connectivity index (χ0n) is 14.1. The maximum atomic E-state index is 12.3. The predicted molar refractivity (Wildman–Crippen MR) is 100 cm³/mol. The van der Waals surface area contributed by atoms with Crippen molar-refractivity contribution < 1.29 is 14.7 Å². The Labute approximate surface area is 154 Å². The summed E-state index contributed by atoms with van der Waals surface area (Å²) in [6.45, 7) is 2.07. The van der Waals surface area contributed by atoms with Crippen molar-refractivity contribution in [3.8, 4) is 11.3 Å². The number of carbonyl (C=O) groups excluding carboxylic acids is 1. The number of carboxylic acid groups (broad SMARTS) is 1. The van der Waals surface area contributed by atoms with Gasteiger partial charge in [-0.15, -0.1) is 11.3 Å². The first-order chi connectivity index (χ1) is 12.6. The fourth-order valence-electron chi connectivity index (χ4n) is 2.45. The van der Waals surface area contributed by atoms with Crippen LogP contribution >= 0.6 is 11.3 Å². The minimum absolute atomic E-state index is 0.148. The molecule has 26 heavy (non-hydrogen) atoms. The van der Waals surface area contributed by atoms with Crippen molar-refractivity contribution in [2.45, 2.75) is 19.8 Å². The van der Waals surface area contributed by atoms with Crippen LogP contribution in [0.4, 0.5) is 5.13 Å². The molecule has 0 bridgehead atoms. The molecule has 1 aromatic carbocycles. The monoisotopic (exact) mass is 367 g/mol. The van der Waals surface area contributed by atoms with Crippen LogP contribution in [0, 0.1) is 0 Å². The van der Waals surface area contributed by atoms with Crippen LogP contribution in [0.25, 0.3) is 11.3 Å². The van der Waals surface area contributed by atoms with Gasteiger partial charge >= 0.3 is 5.97 Å². The number of benzene rings is 1. The van der Waals surface area contributed by atoms with Crippen molar-refractivity contribution in [3.63, 3.8) is 0 Å². The molecule has 2 N–H and O–H groups in total. The van der Waals surface area contributed by atoms with Crippen LogP contribution in [0.15, 0.2) is 48.8 Å². The number of carbonyl (C=O) groups is 2. The summed E-state index contributed by atoms with van der Waals surface area (Å²) in [5, 5.41) is 12.3. The first-order valence-electron chi connectivity index (χ1n) is 8.09. The lowest BCUT2D eigenvalue weighted by Gasteiger charge is -2.02. The maximum absolute atomic E-state index is 12.3. The van der Waals surface area contributed by atoms with E-state index >= 15 is 0 Å². The van der Waals surface area contributed by atoms with E-state index in [2.05, 4.69) is 22.2 Å². The zero-order valence-corrected chi connectivity index (χ0v) is 14.9. The number of rotatable bonds is 6. The summed E-state index contributed by atoms with van der Waals surface area (Å²) in [4.78, 5) is 32.4. The van der Waals surface area contributed by atoms with E-state index in [1.807, 2.05) is 24.3 Å². The summed E-state index contributed by atoms with van der Waals surface area (Å²) in [5.74, 6) is -1.27. The van der Waals surface area contributed by atoms with E-state index in [1.54, 1.807) is 18.3 Å². The number of anilines is 1. The van der Waals surface area contributed by atoms with Crippen molar-refractivity contribution in [2.75, 3.05) is 5.32 Å². The molecule has 0 spiro atoms. The van der Waals surface area contributed by atoms with Crippen LogP contribution in [0.1, 0.15) is 27.7 Å². The van der Waals surface area contributed by atoms with E-state index in [1.165, 1.54) is 23.1 Å². The lowest BCUT2D eigenvalue weighted by Crippen LogP contribution is -2.11. The van der Waals surface area contributed by atoms with Crippen molar-refractivity contribution in [1.29, 1.82) is 0 Å². The normalized spacial score (nSPS) is 10.5. The molecule has 6 nitrogen and oxygen atoms in total. The van der Waals surface area contributed by atoms with Crippen LogP contribution < -0.4 is 5.32 Å². The predicted octanol–water partition coefficient (Wildman–Crippen LogP) is 3.65. The average Bonchev–Trinajstić information content (AvgIpc) is 3.04. The van der Waals surface area contributed by atoms with Crippen LogP contribution in [0.3, 0.4) is 0 Å². The van der Waals surface area contributed by atoms with Crippen molar-refractivity contribution in [2.24, 2.45) is 0 Å². The highest BCUT2D eigenvalue weighted by Gasteiger charge is 2.17. The SMILES string of the molecule is CCc1ccc(-c2nc(NC(=O)c3cccnc3)sc2CC(=O)O)cc1. The van der Waals surface area contributed by atoms with E-state index in [9.17, 15) is 14.7 Å². The van der Waals surface area contributed by atoms with Gasteiger partial charge < -0.3 is 5.11 Å². The summed E-state index contributed by atoms with van der Waals surface area (Å²) >= 11 is 1.17. The number of amides is 1. The molecule has 0 atom stereocenters. The quantitative estimate of drug-likeness (QED) is 0.694. The van der Waals surface area contributed by atoms with Gasteiger partial charge in [0.2, 0.25) is 0 Å². The molecular formula is C19H17N3O3S. The molecule has 0 saturated carbocycles. The largest absolute Gasteiger partial charge is 0.481 e. The highest BCUT2D eigenvalue weighted by Crippen LogP contribution is 2.32. The van der Waals surface area contributed by atoms with E-state index in [4.69, 9.17) is 0 Å². The number of carboxylic acids is 1. The minimum atomic E-state index is -0.940. The first-order valence-corrected chi connectivity index (χ1v) is 8.90. The number of thiazole rings is 1. The summed E-state index contributed by atoms with van der Waals surface area (Å²) in [6, 6.07) is 11.2. The molecule has 0 aliphatic carbocycles. The number of aliphatic carboxylic acids is 1. The Hall–Kier alpha value is -3.06. The third-order valence-electron chi connectivity index (χ3n) is 3.79. The van der Waals surface area contributed by atoms with E-state index in [-0.39, 0.29) is 12.3 Å². The van der Waals surface area contributed by atoms with Gasteiger partial charge in [-0.05, 0) is 24.1 Å². The number of hydrogen-bond acceptors (Lipinski definition) is 5.